The van der Waals surface area contributed by atoms with Crippen molar-refractivity contribution in [2.24, 2.45) is 0 Å². The van der Waals surface area contributed by atoms with Gasteiger partial charge in [-0.2, -0.15) is 5.10 Å². The molecule has 2 rings (SSSR count). The number of fused-ring (bicyclic) bond motifs is 1. The van der Waals surface area contributed by atoms with Crippen molar-refractivity contribution in [1.82, 2.24) is 10.2 Å². The molecule has 0 radical (unpaired) electrons. The van der Waals surface area contributed by atoms with Crippen LogP contribution in [0.2, 0.25) is 5.02 Å². The Morgan fingerprint density at radius 1 is 1.47 bits per heavy atom. The van der Waals surface area contributed by atoms with Gasteiger partial charge in [-0.1, -0.05) is 17.7 Å². The minimum absolute atomic E-state index is 0.0404. The number of hydrogen-bond acceptors (Lipinski definition) is 3. The zero-order valence-corrected chi connectivity index (χ0v) is 11.8. The monoisotopic (exact) mass is 299 g/mol. The molecule has 0 amide bonds. The van der Waals surface area contributed by atoms with Gasteiger partial charge in [-0.15, -0.1) is 6.58 Å². The minimum atomic E-state index is -3.39. The van der Waals surface area contributed by atoms with Gasteiger partial charge in [-0.3, -0.25) is 9.82 Å². The third-order valence-electron chi connectivity index (χ3n) is 2.65. The Balaban J connectivity index is 2.20. The Hall–Kier alpha value is -1.53. The van der Waals surface area contributed by atoms with Crippen LogP contribution in [0.15, 0.2) is 31.0 Å². The van der Waals surface area contributed by atoms with Gasteiger partial charge in [0.05, 0.1) is 28.2 Å². The van der Waals surface area contributed by atoms with E-state index in [0.717, 1.165) is 5.52 Å². The minimum Gasteiger partial charge on any atom is -0.282 e. The van der Waals surface area contributed by atoms with Crippen molar-refractivity contribution in [2.75, 3.05) is 10.5 Å². The topological polar surface area (TPSA) is 74.8 Å². The first kappa shape index (κ1) is 13.9. The molecule has 19 heavy (non-hydrogen) atoms. The Morgan fingerprint density at radius 3 is 3.00 bits per heavy atom. The predicted molar refractivity (Wildman–Crippen MR) is 77.9 cm³/mol. The Labute approximate surface area is 116 Å². The molecule has 7 heteroatoms. The SMILES string of the molecule is C=CCCCS(=O)(=O)Nc1ccc2[nH]ncc2c1Cl. The Morgan fingerprint density at radius 2 is 2.26 bits per heavy atom. The average molecular weight is 300 g/mol. The molecule has 0 fully saturated rings. The summed E-state index contributed by atoms with van der Waals surface area (Å²) in [6.07, 6.45) is 4.45. The van der Waals surface area contributed by atoms with Gasteiger partial charge >= 0.3 is 0 Å². The zero-order valence-electron chi connectivity index (χ0n) is 10.2. The van der Waals surface area contributed by atoms with Crippen LogP contribution in [0.1, 0.15) is 12.8 Å². The number of aromatic nitrogens is 2. The predicted octanol–water partition coefficient (Wildman–Crippen LogP) is 2.92. The van der Waals surface area contributed by atoms with Crippen molar-refractivity contribution >= 4 is 38.2 Å². The molecule has 2 N–H and O–H groups in total. The van der Waals surface area contributed by atoms with Crippen molar-refractivity contribution < 1.29 is 8.42 Å². The molecule has 0 unspecified atom stereocenters. The van der Waals surface area contributed by atoms with E-state index in [9.17, 15) is 8.42 Å². The van der Waals surface area contributed by atoms with E-state index >= 15 is 0 Å². The maximum absolute atomic E-state index is 11.9. The molecule has 1 heterocycles. The second kappa shape index (κ2) is 5.63. The molecule has 1 aromatic carbocycles. The summed E-state index contributed by atoms with van der Waals surface area (Å²) in [7, 11) is -3.39. The van der Waals surface area contributed by atoms with Crippen molar-refractivity contribution in [2.45, 2.75) is 12.8 Å². The summed E-state index contributed by atoms with van der Waals surface area (Å²) in [6.45, 7) is 3.56. The molecular formula is C12H14ClN3O2S. The molecule has 1 aromatic heterocycles. The number of sulfonamides is 1. The lowest BCUT2D eigenvalue weighted by molar-refractivity contribution is 0.599. The fourth-order valence-corrected chi connectivity index (χ4v) is 3.17. The number of rotatable bonds is 6. The van der Waals surface area contributed by atoms with Gasteiger partial charge in [0.1, 0.15) is 0 Å². The number of benzene rings is 1. The average Bonchev–Trinajstić information content (AvgIpc) is 2.82. The highest BCUT2D eigenvalue weighted by Gasteiger charge is 2.14. The smallest absolute Gasteiger partial charge is 0.232 e. The Kier molecular flexibility index (Phi) is 4.11. The molecule has 0 saturated heterocycles. The largest absolute Gasteiger partial charge is 0.282 e. The highest BCUT2D eigenvalue weighted by atomic mass is 35.5. The van der Waals surface area contributed by atoms with Crippen molar-refractivity contribution in [3.8, 4) is 0 Å². The fourth-order valence-electron chi connectivity index (χ4n) is 1.70. The van der Waals surface area contributed by atoms with Crippen molar-refractivity contribution in [1.29, 1.82) is 0 Å². The van der Waals surface area contributed by atoms with Crippen LogP contribution in [0, 0.1) is 0 Å². The summed E-state index contributed by atoms with van der Waals surface area (Å²) in [4.78, 5) is 0. The third-order valence-corrected chi connectivity index (χ3v) is 4.41. The number of allylic oxidation sites excluding steroid dienone is 1. The van der Waals surface area contributed by atoms with Gasteiger partial charge in [0, 0.05) is 5.39 Å². The third kappa shape index (κ3) is 3.27. The summed E-state index contributed by atoms with van der Waals surface area (Å²) in [6, 6.07) is 3.35. The van der Waals surface area contributed by atoms with Gasteiger partial charge in [0.25, 0.3) is 0 Å². The molecule has 0 aliphatic rings. The van der Waals surface area contributed by atoms with Gasteiger partial charge in [-0.25, -0.2) is 8.42 Å². The van der Waals surface area contributed by atoms with Crippen LogP contribution in [0.3, 0.4) is 0 Å². The highest BCUT2D eigenvalue weighted by molar-refractivity contribution is 7.92. The van der Waals surface area contributed by atoms with Crippen molar-refractivity contribution in [3.63, 3.8) is 0 Å². The maximum Gasteiger partial charge on any atom is 0.232 e. The van der Waals surface area contributed by atoms with E-state index in [2.05, 4.69) is 21.5 Å². The normalized spacial score (nSPS) is 11.6. The van der Waals surface area contributed by atoms with Gasteiger partial charge in [0.15, 0.2) is 0 Å². The molecule has 5 nitrogen and oxygen atoms in total. The van der Waals surface area contributed by atoms with Gasteiger partial charge in [0.2, 0.25) is 10.0 Å². The lowest BCUT2D eigenvalue weighted by Crippen LogP contribution is -2.16. The van der Waals surface area contributed by atoms with Crippen LogP contribution in [-0.2, 0) is 10.0 Å². The second-order valence-electron chi connectivity index (χ2n) is 4.11. The molecule has 102 valence electrons. The lowest BCUT2D eigenvalue weighted by atomic mass is 10.2. The Bertz CT molecular complexity index is 694. The first-order chi connectivity index (χ1) is 9.03. The van der Waals surface area contributed by atoms with Crippen molar-refractivity contribution in [3.05, 3.63) is 36.0 Å². The summed E-state index contributed by atoms with van der Waals surface area (Å²) in [5.41, 5.74) is 1.13. The van der Waals surface area contributed by atoms with Crippen LogP contribution >= 0.6 is 11.6 Å². The molecule has 0 aliphatic carbocycles. The summed E-state index contributed by atoms with van der Waals surface area (Å²) in [5.74, 6) is 0.0404. The fraction of sp³-hybridized carbons (Fsp3) is 0.250. The summed E-state index contributed by atoms with van der Waals surface area (Å²) in [5, 5.41) is 7.67. The molecular weight excluding hydrogens is 286 g/mol. The molecule has 0 atom stereocenters. The van der Waals surface area contributed by atoms with E-state index in [1.54, 1.807) is 24.4 Å². The van der Waals surface area contributed by atoms with E-state index < -0.39 is 10.0 Å². The molecule has 0 aliphatic heterocycles. The number of aromatic amines is 1. The molecule has 0 saturated carbocycles. The standard InChI is InChI=1S/C12H14ClN3O2S/c1-2-3-4-7-19(17,18)16-11-6-5-10-9(12(11)13)8-14-15-10/h2,5-6,8,16H,1,3-4,7H2,(H,14,15). The van der Waals surface area contributed by atoms with E-state index in [4.69, 9.17) is 11.6 Å². The highest BCUT2D eigenvalue weighted by Crippen LogP contribution is 2.30. The maximum atomic E-state index is 11.9. The second-order valence-corrected chi connectivity index (χ2v) is 6.33. The summed E-state index contributed by atoms with van der Waals surface area (Å²) < 4.78 is 26.2. The number of H-pyrrole nitrogens is 1. The number of anilines is 1. The van der Waals surface area contributed by atoms with Crippen LogP contribution in [0.5, 0.6) is 0 Å². The van der Waals surface area contributed by atoms with Crippen LogP contribution in [0.25, 0.3) is 10.9 Å². The van der Waals surface area contributed by atoms with E-state index in [0.29, 0.717) is 28.9 Å². The number of nitrogens with zero attached hydrogens (tertiary/aromatic N) is 1. The number of hydrogen-bond donors (Lipinski definition) is 2. The van der Waals surface area contributed by atoms with Crippen LogP contribution < -0.4 is 4.72 Å². The van der Waals surface area contributed by atoms with Crippen LogP contribution in [-0.4, -0.2) is 24.4 Å². The lowest BCUT2D eigenvalue weighted by Gasteiger charge is -2.09. The van der Waals surface area contributed by atoms with Crippen LogP contribution in [0.4, 0.5) is 5.69 Å². The molecule has 2 aromatic rings. The first-order valence-corrected chi connectivity index (χ1v) is 7.79. The number of nitrogens with one attached hydrogen (secondary N) is 2. The number of unbranched alkanes of at least 4 members (excludes halogenated alkanes) is 1. The van der Waals surface area contributed by atoms with E-state index in [1.165, 1.54) is 0 Å². The quantitative estimate of drug-likeness (QED) is 0.636. The van der Waals surface area contributed by atoms with Gasteiger partial charge in [-0.05, 0) is 25.0 Å². The molecule has 0 bridgehead atoms. The van der Waals surface area contributed by atoms with Gasteiger partial charge < -0.3 is 0 Å². The van der Waals surface area contributed by atoms with E-state index in [1.807, 2.05) is 0 Å². The van der Waals surface area contributed by atoms with E-state index in [-0.39, 0.29) is 5.75 Å². The number of halogens is 1. The zero-order chi connectivity index (χ0) is 13.9. The molecule has 0 spiro atoms. The first-order valence-electron chi connectivity index (χ1n) is 5.76. The summed E-state index contributed by atoms with van der Waals surface area (Å²) >= 11 is 6.15.